The van der Waals surface area contributed by atoms with Gasteiger partial charge in [0.25, 0.3) is 0 Å². The number of aryl methyl sites for hydroxylation is 2. The number of aromatic nitrogens is 1. The van der Waals surface area contributed by atoms with Gasteiger partial charge in [0, 0.05) is 23.5 Å². The summed E-state index contributed by atoms with van der Waals surface area (Å²) in [6.45, 7) is 4.31. The maximum Gasteiger partial charge on any atom is 0.340 e. The van der Waals surface area contributed by atoms with E-state index in [0.717, 1.165) is 22.7 Å². The summed E-state index contributed by atoms with van der Waals surface area (Å²) < 4.78 is 9.79. The van der Waals surface area contributed by atoms with Crippen molar-refractivity contribution in [2.45, 2.75) is 20.4 Å². The number of hydrogen-bond acceptors (Lipinski definition) is 6. The Morgan fingerprint density at radius 2 is 2.20 bits per heavy atom. The van der Waals surface area contributed by atoms with E-state index in [1.165, 1.54) is 7.11 Å². The van der Waals surface area contributed by atoms with E-state index < -0.39 is 5.97 Å². The minimum Gasteiger partial charge on any atom is -0.465 e. The molecule has 20 heavy (non-hydrogen) atoms. The van der Waals surface area contributed by atoms with Gasteiger partial charge < -0.3 is 20.3 Å². The average Bonchev–Trinajstić information content (AvgIpc) is 2.76. The van der Waals surface area contributed by atoms with E-state index in [1.54, 1.807) is 18.2 Å². The van der Waals surface area contributed by atoms with Crippen LogP contribution in [0.2, 0.25) is 0 Å². The van der Waals surface area contributed by atoms with Gasteiger partial charge in [0.2, 0.25) is 0 Å². The van der Waals surface area contributed by atoms with Crippen LogP contribution in [0.15, 0.2) is 22.7 Å². The van der Waals surface area contributed by atoms with Crippen LogP contribution in [0.3, 0.4) is 0 Å². The zero-order valence-corrected chi connectivity index (χ0v) is 11.7. The molecule has 0 saturated heterocycles. The number of anilines is 2. The number of esters is 1. The van der Waals surface area contributed by atoms with Crippen molar-refractivity contribution in [2.75, 3.05) is 18.2 Å². The van der Waals surface area contributed by atoms with Crippen molar-refractivity contribution >= 4 is 17.3 Å². The highest BCUT2D eigenvalue weighted by Gasteiger charge is 2.12. The molecule has 2 aromatic rings. The Morgan fingerprint density at radius 1 is 1.45 bits per heavy atom. The van der Waals surface area contributed by atoms with Gasteiger partial charge in [-0.25, -0.2) is 4.79 Å². The second kappa shape index (κ2) is 5.64. The molecule has 1 heterocycles. The van der Waals surface area contributed by atoms with Gasteiger partial charge in [-0.1, -0.05) is 5.16 Å². The number of ether oxygens (including phenoxy) is 1. The van der Waals surface area contributed by atoms with Crippen LogP contribution < -0.4 is 11.1 Å². The van der Waals surface area contributed by atoms with Crippen molar-refractivity contribution in [3.63, 3.8) is 0 Å². The average molecular weight is 275 g/mol. The molecule has 0 bridgehead atoms. The van der Waals surface area contributed by atoms with E-state index in [0.29, 0.717) is 17.8 Å². The van der Waals surface area contributed by atoms with Gasteiger partial charge in [-0.05, 0) is 32.0 Å². The Bertz CT molecular complexity index is 615. The quantitative estimate of drug-likeness (QED) is 0.657. The molecule has 0 atom stereocenters. The van der Waals surface area contributed by atoms with Crippen LogP contribution in [0.25, 0.3) is 0 Å². The van der Waals surface area contributed by atoms with Gasteiger partial charge >= 0.3 is 5.97 Å². The molecule has 1 aromatic carbocycles. The molecule has 0 unspecified atom stereocenters. The minimum absolute atomic E-state index is 0.344. The number of nitrogens with zero attached hydrogens (tertiary/aromatic N) is 1. The SMILES string of the molecule is COC(=O)c1cc(NCc2c(C)noc2C)ccc1N. The van der Waals surface area contributed by atoms with Gasteiger partial charge in [0.1, 0.15) is 5.76 Å². The summed E-state index contributed by atoms with van der Waals surface area (Å²) in [5, 5.41) is 7.10. The highest BCUT2D eigenvalue weighted by molar-refractivity contribution is 5.96. The number of carbonyl (C=O) groups is 1. The second-order valence-corrected chi connectivity index (χ2v) is 4.45. The summed E-state index contributed by atoms with van der Waals surface area (Å²) in [5.41, 5.74) is 9.11. The van der Waals surface area contributed by atoms with Crippen LogP contribution in [0.5, 0.6) is 0 Å². The van der Waals surface area contributed by atoms with Gasteiger partial charge in [0.05, 0.1) is 18.4 Å². The monoisotopic (exact) mass is 275 g/mol. The molecule has 0 fully saturated rings. The Morgan fingerprint density at radius 3 is 2.80 bits per heavy atom. The van der Waals surface area contributed by atoms with Crippen LogP contribution in [0, 0.1) is 13.8 Å². The molecule has 1 aromatic heterocycles. The molecule has 0 amide bonds. The lowest BCUT2D eigenvalue weighted by molar-refractivity contribution is 0.0602. The van der Waals surface area contributed by atoms with Crippen molar-refractivity contribution in [3.05, 3.63) is 40.8 Å². The molecule has 6 nitrogen and oxygen atoms in total. The normalized spacial score (nSPS) is 10.3. The summed E-state index contributed by atoms with van der Waals surface area (Å²) in [6.07, 6.45) is 0. The lowest BCUT2D eigenvalue weighted by Gasteiger charge is -2.09. The molecule has 3 N–H and O–H groups in total. The summed E-state index contributed by atoms with van der Waals surface area (Å²) >= 11 is 0. The highest BCUT2D eigenvalue weighted by Crippen LogP contribution is 2.20. The zero-order chi connectivity index (χ0) is 14.7. The molecule has 0 radical (unpaired) electrons. The summed E-state index contributed by atoms with van der Waals surface area (Å²) in [5.74, 6) is 0.321. The smallest absolute Gasteiger partial charge is 0.340 e. The van der Waals surface area contributed by atoms with Crippen molar-refractivity contribution in [1.29, 1.82) is 0 Å². The van der Waals surface area contributed by atoms with Crippen molar-refractivity contribution in [1.82, 2.24) is 5.16 Å². The van der Waals surface area contributed by atoms with E-state index in [4.69, 9.17) is 10.3 Å². The van der Waals surface area contributed by atoms with Crippen LogP contribution >= 0.6 is 0 Å². The van der Waals surface area contributed by atoms with Crippen LogP contribution in [-0.2, 0) is 11.3 Å². The molecule has 2 rings (SSSR count). The minimum atomic E-state index is -0.455. The Kier molecular flexibility index (Phi) is 3.93. The van der Waals surface area contributed by atoms with Crippen molar-refractivity contribution in [2.24, 2.45) is 0 Å². The standard InChI is InChI=1S/C14H17N3O3/c1-8-12(9(2)20-17-8)7-16-10-4-5-13(15)11(6-10)14(18)19-3/h4-6,16H,7,15H2,1-3H3. The van der Waals surface area contributed by atoms with Crippen LogP contribution in [0.1, 0.15) is 27.4 Å². The number of hydrogen-bond donors (Lipinski definition) is 2. The third-order valence-corrected chi connectivity index (χ3v) is 3.11. The summed E-state index contributed by atoms with van der Waals surface area (Å²) in [4.78, 5) is 11.6. The lowest BCUT2D eigenvalue weighted by Crippen LogP contribution is -2.07. The first-order valence-corrected chi connectivity index (χ1v) is 6.16. The lowest BCUT2D eigenvalue weighted by atomic mass is 10.1. The Labute approximate surface area is 116 Å². The number of rotatable bonds is 4. The molecular weight excluding hydrogens is 258 g/mol. The molecule has 0 saturated carbocycles. The van der Waals surface area contributed by atoms with Gasteiger partial charge in [-0.3, -0.25) is 0 Å². The van der Waals surface area contributed by atoms with E-state index in [9.17, 15) is 4.79 Å². The molecule has 0 spiro atoms. The Balaban J connectivity index is 2.16. The number of carbonyl (C=O) groups excluding carboxylic acids is 1. The summed E-state index contributed by atoms with van der Waals surface area (Å²) in [7, 11) is 1.33. The van der Waals surface area contributed by atoms with E-state index in [1.807, 2.05) is 13.8 Å². The predicted octanol–water partition coefficient (Wildman–Crippen LogP) is 2.27. The predicted molar refractivity (Wildman–Crippen MR) is 75.5 cm³/mol. The number of benzene rings is 1. The fraction of sp³-hybridized carbons (Fsp3) is 0.286. The second-order valence-electron chi connectivity index (χ2n) is 4.45. The van der Waals surface area contributed by atoms with Crippen molar-refractivity contribution in [3.8, 4) is 0 Å². The maximum absolute atomic E-state index is 11.6. The van der Waals surface area contributed by atoms with Gasteiger partial charge in [-0.15, -0.1) is 0 Å². The van der Waals surface area contributed by atoms with Crippen molar-refractivity contribution < 1.29 is 14.1 Å². The molecule has 0 aliphatic rings. The number of nitrogens with two attached hydrogens (primary N) is 1. The number of nitrogen functional groups attached to an aromatic ring is 1. The zero-order valence-electron chi connectivity index (χ0n) is 11.7. The van der Waals surface area contributed by atoms with Gasteiger partial charge in [-0.2, -0.15) is 0 Å². The third-order valence-electron chi connectivity index (χ3n) is 3.11. The molecular formula is C14H17N3O3. The Hall–Kier alpha value is -2.50. The molecule has 106 valence electrons. The first-order valence-electron chi connectivity index (χ1n) is 6.16. The van der Waals surface area contributed by atoms with E-state index in [2.05, 4.69) is 15.2 Å². The molecule has 0 aliphatic heterocycles. The maximum atomic E-state index is 11.6. The third kappa shape index (κ3) is 2.74. The fourth-order valence-electron chi connectivity index (χ4n) is 1.90. The topological polar surface area (TPSA) is 90.4 Å². The largest absolute Gasteiger partial charge is 0.465 e. The highest BCUT2D eigenvalue weighted by atomic mass is 16.5. The molecule has 6 heteroatoms. The van der Waals surface area contributed by atoms with Crippen LogP contribution in [-0.4, -0.2) is 18.2 Å². The van der Waals surface area contributed by atoms with Crippen LogP contribution in [0.4, 0.5) is 11.4 Å². The first-order chi connectivity index (χ1) is 9.52. The van der Waals surface area contributed by atoms with E-state index in [-0.39, 0.29) is 0 Å². The number of methoxy groups -OCH3 is 1. The fourth-order valence-corrected chi connectivity index (χ4v) is 1.90. The molecule has 0 aliphatic carbocycles. The number of nitrogens with one attached hydrogen (secondary N) is 1. The van der Waals surface area contributed by atoms with E-state index >= 15 is 0 Å². The summed E-state index contributed by atoms with van der Waals surface area (Å²) in [6, 6.07) is 5.14. The first kappa shape index (κ1) is 13.9. The van der Waals surface area contributed by atoms with Gasteiger partial charge in [0.15, 0.2) is 0 Å².